The third-order valence-electron chi connectivity index (χ3n) is 11.9. The first-order valence-electron chi connectivity index (χ1n) is 21.8. The third-order valence-corrected chi connectivity index (χ3v) is 11.9. The minimum Gasteiger partial charge on any atom is -0.481 e. The Balaban J connectivity index is 1.38. The highest BCUT2D eigenvalue weighted by molar-refractivity contribution is 5.99. The maximum atomic E-state index is 14.0. The Bertz CT molecular complexity index is 1900. The minimum absolute atomic E-state index is 0.00227. The number of nitrogens with one attached hydrogen (secondary N) is 5. The number of likely N-dealkylation sites (tertiary alicyclic amines) is 4. The van der Waals surface area contributed by atoms with E-state index in [2.05, 4.69) is 26.6 Å². The number of nitrogens with zero attached hydrogens (tertiary/aromatic N) is 4. The fourth-order valence-electron chi connectivity index (χ4n) is 8.60. The lowest BCUT2D eigenvalue weighted by Gasteiger charge is -2.33. The maximum Gasteiger partial charge on any atom is 0.305 e. The van der Waals surface area contributed by atoms with E-state index in [0.29, 0.717) is 45.1 Å². The molecule has 25 heteroatoms. The second-order valence-electron chi connectivity index (χ2n) is 16.8. The van der Waals surface area contributed by atoms with Crippen LogP contribution in [0, 0.1) is 0 Å². The van der Waals surface area contributed by atoms with Gasteiger partial charge in [0.25, 0.3) is 0 Å². The van der Waals surface area contributed by atoms with Gasteiger partial charge in [0.05, 0.1) is 19.0 Å². The lowest BCUT2D eigenvalue weighted by molar-refractivity contribution is -0.148. The Morgan fingerprint density at radius 2 is 1.06 bits per heavy atom. The second kappa shape index (κ2) is 23.0. The molecule has 10 amide bonds. The number of nitrogens with two attached hydrogens (primary N) is 2. The number of hydrogen-bond acceptors (Lipinski definition) is 13. The number of hydrogen-bond donors (Lipinski definition) is 9. The van der Waals surface area contributed by atoms with Crippen molar-refractivity contribution in [2.24, 2.45) is 11.5 Å². The molecule has 0 aromatic rings. The SMILES string of the molecule is C[C@H](N)C(=O)N[C@@H](C)C(=O)N1CCC[C@H]1C(=O)NCC(=O)N[C@@H](CC(=O)O)C(=O)N[C@@H](CCC(=O)O)C(=O)N1CCC[C@H]1C(=O)N[C@@H](C)C(=O)N1CCC[C@H]1C(=O)N1CCC[C@H]1C(N)=O. The molecule has 0 unspecified atom stereocenters. The van der Waals surface area contributed by atoms with Gasteiger partial charge in [-0.2, -0.15) is 0 Å². The molecule has 4 saturated heterocycles. The highest BCUT2D eigenvalue weighted by Gasteiger charge is 2.44. The molecule has 4 aliphatic rings. The van der Waals surface area contributed by atoms with Crippen LogP contribution in [-0.2, 0) is 57.5 Å². The fourth-order valence-corrected chi connectivity index (χ4v) is 8.60. The van der Waals surface area contributed by atoms with E-state index in [0.717, 1.165) is 4.90 Å². The van der Waals surface area contributed by atoms with Crippen LogP contribution in [0.15, 0.2) is 0 Å². The molecule has 65 heavy (non-hydrogen) atoms. The van der Waals surface area contributed by atoms with Gasteiger partial charge in [0.15, 0.2) is 0 Å². The first-order valence-corrected chi connectivity index (χ1v) is 21.8. The zero-order valence-electron chi connectivity index (χ0n) is 36.7. The van der Waals surface area contributed by atoms with E-state index >= 15 is 0 Å². The van der Waals surface area contributed by atoms with Crippen LogP contribution < -0.4 is 38.1 Å². The summed E-state index contributed by atoms with van der Waals surface area (Å²) in [5.41, 5.74) is 11.1. The van der Waals surface area contributed by atoms with Gasteiger partial charge in [-0.25, -0.2) is 0 Å². The molecule has 25 nitrogen and oxygen atoms in total. The van der Waals surface area contributed by atoms with Gasteiger partial charge in [0.1, 0.15) is 48.3 Å². The number of carboxylic acid groups (broad SMARTS) is 2. The van der Waals surface area contributed by atoms with Gasteiger partial charge in [-0.05, 0) is 78.6 Å². The summed E-state index contributed by atoms with van der Waals surface area (Å²) in [5, 5.41) is 31.0. The molecule has 0 saturated carbocycles. The van der Waals surface area contributed by atoms with E-state index in [1.165, 1.54) is 35.5 Å². The molecular weight excluding hydrogens is 859 g/mol. The molecule has 0 aliphatic carbocycles. The van der Waals surface area contributed by atoms with Crippen LogP contribution in [0.1, 0.15) is 91.4 Å². The monoisotopic (exact) mass is 919 g/mol. The van der Waals surface area contributed by atoms with Crippen LogP contribution in [0.2, 0.25) is 0 Å². The van der Waals surface area contributed by atoms with Crippen molar-refractivity contribution in [3.05, 3.63) is 0 Å². The molecule has 11 N–H and O–H groups in total. The van der Waals surface area contributed by atoms with Crippen molar-refractivity contribution in [3.63, 3.8) is 0 Å². The van der Waals surface area contributed by atoms with E-state index in [9.17, 15) is 67.7 Å². The standard InChI is InChI=1S/C40H61N11O14/c1-20(41)33(58)44-21(2)37(62)49-15-5-9-26(49)35(60)43-19-29(52)46-24(18-31(55)56)34(59)47-23(12-13-30(53)54)39(64)50-16-6-10-27(50)36(61)45-22(3)38(63)51-17-7-11-28(51)40(65)48-14-4-8-25(48)32(42)57/h20-28H,4-19,41H2,1-3H3,(H2,42,57)(H,43,60)(H,44,58)(H,45,61)(H,46,52)(H,47,59)(H,53,54)(H,55,56)/t20-,21-,22-,23-,24-,25-,26-,27-,28-/m0/s1. The van der Waals surface area contributed by atoms with Gasteiger partial charge in [-0.15, -0.1) is 0 Å². The molecule has 0 aromatic carbocycles. The van der Waals surface area contributed by atoms with Crippen molar-refractivity contribution in [2.45, 2.75) is 146 Å². The number of rotatable bonds is 20. The van der Waals surface area contributed by atoms with Crippen LogP contribution in [0.3, 0.4) is 0 Å². The summed E-state index contributed by atoms with van der Waals surface area (Å²) in [7, 11) is 0. The van der Waals surface area contributed by atoms with Crippen LogP contribution in [0.4, 0.5) is 0 Å². The van der Waals surface area contributed by atoms with Gasteiger partial charge < -0.3 is 67.9 Å². The molecule has 4 fully saturated rings. The lowest BCUT2D eigenvalue weighted by Crippen LogP contribution is -2.59. The third kappa shape index (κ3) is 13.3. The highest BCUT2D eigenvalue weighted by atomic mass is 16.4. The summed E-state index contributed by atoms with van der Waals surface area (Å²) < 4.78 is 0. The second-order valence-corrected chi connectivity index (χ2v) is 16.8. The van der Waals surface area contributed by atoms with Crippen molar-refractivity contribution in [3.8, 4) is 0 Å². The summed E-state index contributed by atoms with van der Waals surface area (Å²) in [5.74, 6) is -10.2. The molecular formula is C40H61N11O14. The highest BCUT2D eigenvalue weighted by Crippen LogP contribution is 2.26. The van der Waals surface area contributed by atoms with Crippen LogP contribution in [0.5, 0.6) is 0 Å². The van der Waals surface area contributed by atoms with Crippen molar-refractivity contribution < 1.29 is 67.7 Å². The Kier molecular flexibility index (Phi) is 18.1. The summed E-state index contributed by atoms with van der Waals surface area (Å²) >= 11 is 0. The summed E-state index contributed by atoms with van der Waals surface area (Å²) in [6, 6.07) is -10.3. The van der Waals surface area contributed by atoms with Crippen LogP contribution in [0.25, 0.3) is 0 Å². The van der Waals surface area contributed by atoms with Crippen molar-refractivity contribution in [1.82, 2.24) is 46.2 Å². The number of carbonyl (C=O) groups is 12. The molecule has 4 aliphatic heterocycles. The van der Waals surface area contributed by atoms with Crippen LogP contribution >= 0.6 is 0 Å². The Labute approximate surface area is 374 Å². The van der Waals surface area contributed by atoms with E-state index < -0.39 is 151 Å². The number of amides is 10. The minimum atomic E-state index is -1.83. The molecule has 0 bridgehead atoms. The Morgan fingerprint density at radius 3 is 1.60 bits per heavy atom. The Hall–Kier alpha value is -6.40. The largest absolute Gasteiger partial charge is 0.481 e. The zero-order valence-corrected chi connectivity index (χ0v) is 36.7. The maximum absolute atomic E-state index is 14.0. The van der Waals surface area contributed by atoms with E-state index in [4.69, 9.17) is 11.5 Å². The molecule has 4 rings (SSSR count). The normalized spacial score (nSPS) is 22.8. The predicted molar refractivity (Wildman–Crippen MR) is 223 cm³/mol. The van der Waals surface area contributed by atoms with Gasteiger partial charge in [-0.3, -0.25) is 57.5 Å². The Morgan fingerprint density at radius 1 is 0.569 bits per heavy atom. The molecule has 360 valence electrons. The van der Waals surface area contributed by atoms with Crippen molar-refractivity contribution in [2.75, 3.05) is 32.7 Å². The molecule has 0 radical (unpaired) electrons. The molecule has 4 heterocycles. The topological polar surface area (TPSA) is 370 Å². The lowest BCUT2D eigenvalue weighted by atomic mass is 10.1. The summed E-state index contributed by atoms with van der Waals surface area (Å²) in [6.45, 7) is 4.25. The number of carboxylic acids is 2. The zero-order chi connectivity index (χ0) is 48.3. The van der Waals surface area contributed by atoms with Crippen LogP contribution in [-0.4, -0.2) is 188 Å². The number of primary amides is 1. The molecule has 0 aromatic heterocycles. The average Bonchev–Trinajstić information content (AvgIpc) is 4.09. The first-order chi connectivity index (χ1) is 30.6. The smallest absolute Gasteiger partial charge is 0.305 e. The van der Waals surface area contributed by atoms with Gasteiger partial charge in [-0.1, -0.05) is 0 Å². The number of carbonyl (C=O) groups excluding carboxylic acids is 10. The quantitative estimate of drug-likeness (QED) is 0.0554. The molecule has 9 atom stereocenters. The van der Waals surface area contributed by atoms with Gasteiger partial charge in [0.2, 0.25) is 59.1 Å². The molecule has 0 spiro atoms. The number of aliphatic carboxylic acids is 2. The van der Waals surface area contributed by atoms with E-state index in [1.54, 1.807) is 0 Å². The summed E-state index contributed by atoms with van der Waals surface area (Å²) in [6.07, 6.45) is 0.838. The van der Waals surface area contributed by atoms with Crippen molar-refractivity contribution >= 4 is 71.0 Å². The summed E-state index contributed by atoms with van der Waals surface area (Å²) in [4.78, 5) is 160. The first kappa shape index (κ1) is 51.2. The van der Waals surface area contributed by atoms with Crippen molar-refractivity contribution in [1.29, 1.82) is 0 Å². The van der Waals surface area contributed by atoms with E-state index in [1.807, 2.05) is 0 Å². The average molecular weight is 920 g/mol. The fraction of sp³-hybridized carbons (Fsp3) is 0.700. The van der Waals surface area contributed by atoms with E-state index in [-0.39, 0.29) is 32.5 Å². The van der Waals surface area contributed by atoms with Gasteiger partial charge in [0, 0.05) is 32.6 Å². The predicted octanol–water partition coefficient (Wildman–Crippen LogP) is -4.78. The van der Waals surface area contributed by atoms with Gasteiger partial charge >= 0.3 is 11.9 Å².